The summed E-state index contributed by atoms with van der Waals surface area (Å²) in [5.41, 5.74) is 0.434. The van der Waals surface area contributed by atoms with Crippen molar-refractivity contribution in [3.05, 3.63) is 60.2 Å². The predicted octanol–water partition coefficient (Wildman–Crippen LogP) is 4.01. The van der Waals surface area contributed by atoms with Crippen LogP contribution in [0.5, 0.6) is 0 Å². The SMILES string of the molecule is CC(C)(C)[Si](C)(C)OCC(CC(=O)NS(C)(=O)=O)NC(=O)C1CCCC2CC=CCC(NC(=O)c3ccc4ccccc4c3)C(=O)N21. The van der Waals surface area contributed by atoms with Gasteiger partial charge < -0.3 is 20.0 Å². The van der Waals surface area contributed by atoms with Crippen molar-refractivity contribution in [3.63, 3.8) is 0 Å². The molecule has 0 aliphatic carbocycles. The van der Waals surface area contributed by atoms with E-state index in [-0.39, 0.29) is 42.3 Å². The minimum Gasteiger partial charge on any atom is -0.415 e. The van der Waals surface area contributed by atoms with Gasteiger partial charge in [-0.25, -0.2) is 8.42 Å². The summed E-state index contributed by atoms with van der Waals surface area (Å²) in [6.45, 7) is 10.3. The number of piperidine rings is 1. The molecule has 256 valence electrons. The number of fused-ring (bicyclic) bond motifs is 2. The molecule has 4 atom stereocenters. The lowest BCUT2D eigenvalue weighted by molar-refractivity contribution is -0.147. The molecule has 2 aromatic rings. The molecule has 1 fully saturated rings. The quantitative estimate of drug-likeness (QED) is 0.253. The number of benzene rings is 2. The number of hydrogen-bond acceptors (Lipinski definition) is 7. The molecule has 0 spiro atoms. The van der Waals surface area contributed by atoms with Crippen LogP contribution in [-0.4, -0.2) is 82.3 Å². The van der Waals surface area contributed by atoms with Gasteiger partial charge in [-0.15, -0.1) is 0 Å². The summed E-state index contributed by atoms with van der Waals surface area (Å²) in [6.07, 6.45) is 7.17. The maximum Gasteiger partial charge on any atom is 0.251 e. The van der Waals surface area contributed by atoms with E-state index in [0.29, 0.717) is 31.2 Å². The fourth-order valence-corrected chi connectivity index (χ4v) is 7.36. The van der Waals surface area contributed by atoms with Crippen LogP contribution in [-0.2, 0) is 28.8 Å². The van der Waals surface area contributed by atoms with Crippen LogP contribution in [0.2, 0.25) is 18.1 Å². The summed E-state index contributed by atoms with van der Waals surface area (Å²) in [7, 11) is -6.09. The second-order valence-corrected chi connectivity index (χ2v) is 20.7. The molecule has 11 nitrogen and oxygen atoms in total. The molecule has 0 bridgehead atoms. The standard InChI is InChI=1S/C34H48N4O7SSi/c1-34(2,3)47(5,6)45-22-26(21-30(39)37-46(4,43)44)35-32(41)29-17-11-15-27-14-9-10-16-28(33(42)38(27)29)36-31(40)25-19-18-23-12-7-8-13-24(23)20-25/h7-10,12-13,18-20,26-29H,11,14-17,21-22H2,1-6H3,(H,35,41)(H,36,40)(H,37,39). The Kier molecular flexibility index (Phi) is 11.3. The van der Waals surface area contributed by atoms with E-state index in [2.05, 4.69) is 31.4 Å². The fraction of sp³-hybridized carbons (Fsp3) is 0.529. The second kappa shape index (κ2) is 14.7. The van der Waals surface area contributed by atoms with Gasteiger partial charge in [-0.2, -0.15) is 0 Å². The first kappa shape index (κ1) is 36.3. The smallest absolute Gasteiger partial charge is 0.251 e. The van der Waals surface area contributed by atoms with Gasteiger partial charge in [-0.3, -0.25) is 23.9 Å². The van der Waals surface area contributed by atoms with E-state index < -0.39 is 48.3 Å². The summed E-state index contributed by atoms with van der Waals surface area (Å²) < 4.78 is 31.8. The number of carbonyl (C=O) groups is 4. The van der Waals surface area contributed by atoms with Gasteiger partial charge in [0.05, 0.1) is 25.3 Å². The van der Waals surface area contributed by atoms with E-state index >= 15 is 0 Å². The van der Waals surface area contributed by atoms with Crippen molar-refractivity contribution in [2.75, 3.05) is 12.9 Å². The van der Waals surface area contributed by atoms with Gasteiger partial charge in [0.25, 0.3) is 5.91 Å². The van der Waals surface area contributed by atoms with Gasteiger partial charge in [-0.05, 0) is 73.1 Å². The van der Waals surface area contributed by atoms with Crippen LogP contribution in [0.15, 0.2) is 54.6 Å². The minimum atomic E-state index is -3.80. The minimum absolute atomic E-state index is 0.0106. The Hall–Kier alpha value is -3.55. The van der Waals surface area contributed by atoms with Gasteiger partial charge >= 0.3 is 0 Å². The molecule has 2 aliphatic rings. The Morgan fingerprint density at radius 2 is 1.70 bits per heavy atom. The summed E-state index contributed by atoms with van der Waals surface area (Å²) in [6, 6.07) is 10.3. The predicted molar refractivity (Wildman–Crippen MR) is 185 cm³/mol. The molecular weight excluding hydrogens is 637 g/mol. The fourth-order valence-electron chi connectivity index (χ4n) is 5.81. The topological polar surface area (TPSA) is 151 Å². The average molecular weight is 685 g/mol. The molecule has 0 saturated carbocycles. The van der Waals surface area contributed by atoms with E-state index in [1.165, 1.54) is 0 Å². The Morgan fingerprint density at radius 3 is 2.38 bits per heavy atom. The van der Waals surface area contributed by atoms with E-state index in [0.717, 1.165) is 17.0 Å². The number of hydrogen-bond donors (Lipinski definition) is 3. The highest BCUT2D eigenvalue weighted by Crippen LogP contribution is 2.36. The van der Waals surface area contributed by atoms with Crippen LogP contribution < -0.4 is 15.4 Å². The highest BCUT2D eigenvalue weighted by molar-refractivity contribution is 7.89. The van der Waals surface area contributed by atoms with Gasteiger partial charge in [0.1, 0.15) is 12.1 Å². The molecule has 0 aromatic heterocycles. The largest absolute Gasteiger partial charge is 0.415 e. The first-order chi connectivity index (χ1) is 21.9. The molecule has 4 rings (SSSR count). The lowest BCUT2D eigenvalue weighted by atomic mass is 9.90. The first-order valence-corrected chi connectivity index (χ1v) is 21.0. The lowest BCUT2D eigenvalue weighted by Crippen LogP contribution is -2.62. The van der Waals surface area contributed by atoms with Gasteiger partial charge in [0, 0.05) is 11.6 Å². The molecule has 2 aromatic carbocycles. The second-order valence-electron chi connectivity index (χ2n) is 14.2. The normalized spacial score (nSPS) is 21.3. The van der Waals surface area contributed by atoms with Crippen LogP contribution >= 0.6 is 0 Å². The zero-order valence-corrected chi connectivity index (χ0v) is 30.0. The van der Waals surface area contributed by atoms with Crippen molar-refractivity contribution >= 4 is 52.7 Å². The van der Waals surface area contributed by atoms with Gasteiger partial charge in [-0.1, -0.05) is 63.3 Å². The molecule has 0 radical (unpaired) electrons. The molecule has 2 heterocycles. The highest BCUT2D eigenvalue weighted by Gasteiger charge is 2.42. The van der Waals surface area contributed by atoms with Crippen LogP contribution in [0, 0.1) is 0 Å². The Labute approximate surface area is 279 Å². The number of sulfonamides is 1. The van der Waals surface area contributed by atoms with Crippen molar-refractivity contribution in [1.29, 1.82) is 0 Å². The lowest BCUT2D eigenvalue weighted by Gasteiger charge is -2.44. The van der Waals surface area contributed by atoms with Crippen molar-refractivity contribution in [2.24, 2.45) is 0 Å². The van der Waals surface area contributed by atoms with Crippen LogP contribution in [0.1, 0.15) is 69.7 Å². The number of rotatable bonds is 10. The molecular formula is C34H48N4O7SSi. The number of carbonyl (C=O) groups excluding carboxylic acids is 4. The first-order valence-electron chi connectivity index (χ1n) is 16.2. The van der Waals surface area contributed by atoms with Gasteiger partial charge in [0.15, 0.2) is 8.32 Å². The zero-order chi connectivity index (χ0) is 34.6. The summed E-state index contributed by atoms with van der Waals surface area (Å²) in [5.74, 6) is -1.92. The van der Waals surface area contributed by atoms with Crippen LogP contribution in [0.25, 0.3) is 10.8 Å². The van der Waals surface area contributed by atoms with Gasteiger partial charge in [0.2, 0.25) is 27.7 Å². The van der Waals surface area contributed by atoms with E-state index in [4.69, 9.17) is 4.43 Å². The van der Waals surface area contributed by atoms with Crippen LogP contribution in [0.4, 0.5) is 0 Å². The zero-order valence-electron chi connectivity index (χ0n) is 28.2. The summed E-state index contributed by atoms with van der Waals surface area (Å²) >= 11 is 0. The third-order valence-electron chi connectivity index (χ3n) is 9.39. The summed E-state index contributed by atoms with van der Waals surface area (Å²) in [4.78, 5) is 55.8. The van der Waals surface area contributed by atoms with Crippen molar-refractivity contribution in [2.45, 2.75) is 102 Å². The molecule has 1 saturated heterocycles. The third kappa shape index (κ3) is 9.51. The molecule has 4 amide bonds. The number of amides is 4. The van der Waals surface area contributed by atoms with Crippen LogP contribution in [0.3, 0.4) is 0 Å². The molecule has 47 heavy (non-hydrogen) atoms. The monoisotopic (exact) mass is 684 g/mol. The molecule has 2 aliphatic heterocycles. The molecule has 3 N–H and O–H groups in total. The average Bonchev–Trinajstić information content (AvgIpc) is 2.98. The highest BCUT2D eigenvalue weighted by atomic mass is 32.2. The number of nitrogens with one attached hydrogen (secondary N) is 3. The Morgan fingerprint density at radius 1 is 1.02 bits per heavy atom. The van der Waals surface area contributed by atoms with E-state index in [9.17, 15) is 27.6 Å². The maximum absolute atomic E-state index is 14.2. The Balaban J connectivity index is 1.54. The van der Waals surface area contributed by atoms with E-state index in [1.54, 1.807) is 17.0 Å². The number of nitrogens with zero attached hydrogens (tertiary/aromatic N) is 1. The molecule has 4 unspecified atom stereocenters. The summed E-state index contributed by atoms with van der Waals surface area (Å²) in [5, 5.41) is 7.61. The van der Waals surface area contributed by atoms with Crippen molar-refractivity contribution < 1.29 is 32.0 Å². The molecule has 13 heteroatoms. The van der Waals surface area contributed by atoms with Crippen molar-refractivity contribution in [3.8, 4) is 0 Å². The van der Waals surface area contributed by atoms with Crippen molar-refractivity contribution in [1.82, 2.24) is 20.3 Å². The Bertz CT molecular complexity index is 1640. The third-order valence-corrected chi connectivity index (χ3v) is 14.5. The van der Waals surface area contributed by atoms with E-state index in [1.807, 2.05) is 60.3 Å². The maximum atomic E-state index is 14.2.